The van der Waals surface area contributed by atoms with Crippen LogP contribution in [0.2, 0.25) is 0 Å². The van der Waals surface area contributed by atoms with Crippen LogP contribution in [0.15, 0.2) is 42.7 Å². The van der Waals surface area contributed by atoms with E-state index in [0.29, 0.717) is 10.7 Å². The maximum atomic E-state index is 11.8. The number of carbonyl (C=O) groups excluding carboxylic acids is 1. The molecule has 2 rings (SSSR count). The summed E-state index contributed by atoms with van der Waals surface area (Å²) >= 11 is 5.14. The summed E-state index contributed by atoms with van der Waals surface area (Å²) in [5.41, 5.74) is 8.86. The molecule has 1 heterocycles. The Labute approximate surface area is 128 Å². The fourth-order valence-corrected chi connectivity index (χ4v) is 2.07. The number of pyridine rings is 1. The Morgan fingerprint density at radius 1 is 1.05 bits per heavy atom. The number of hydrazine groups is 1. The molecule has 0 aliphatic heterocycles. The summed E-state index contributed by atoms with van der Waals surface area (Å²) in [6.07, 6.45) is 3.11. The van der Waals surface area contributed by atoms with Gasteiger partial charge in [-0.05, 0) is 61.5 Å². The highest BCUT2D eigenvalue weighted by atomic mass is 32.1. The van der Waals surface area contributed by atoms with Crippen LogP contribution in [0.4, 0.5) is 5.69 Å². The number of amides is 1. The Balaban J connectivity index is 1.89. The van der Waals surface area contributed by atoms with Crippen molar-refractivity contribution in [3.8, 4) is 0 Å². The molecule has 0 saturated carbocycles. The molecule has 21 heavy (non-hydrogen) atoms. The summed E-state index contributed by atoms with van der Waals surface area (Å²) in [6, 6.07) is 9.28. The van der Waals surface area contributed by atoms with E-state index in [1.54, 1.807) is 24.5 Å². The molecule has 0 radical (unpaired) electrons. The molecule has 1 aromatic heterocycles. The number of nitrogens with one attached hydrogen (secondary N) is 3. The van der Waals surface area contributed by atoms with Gasteiger partial charge in [-0.2, -0.15) is 0 Å². The minimum absolute atomic E-state index is 0.276. The zero-order valence-electron chi connectivity index (χ0n) is 11.8. The van der Waals surface area contributed by atoms with Crippen molar-refractivity contribution in [2.75, 3.05) is 5.32 Å². The van der Waals surface area contributed by atoms with Crippen LogP contribution in [0.25, 0.3) is 0 Å². The molecule has 0 bridgehead atoms. The van der Waals surface area contributed by atoms with Crippen molar-refractivity contribution in [1.82, 2.24) is 15.8 Å². The number of benzene rings is 1. The van der Waals surface area contributed by atoms with Gasteiger partial charge in [0.2, 0.25) is 0 Å². The average Bonchev–Trinajstić information content (AvgIpc) is 2.44. The van der Waals surface area contributed by atoms with Gasteiger partial charge in [-0.15, -0.1) is 0 Å². The molecule has 0 fully saturated rings. The number of aryl methyl sites for hydroxylation is 2. The molecule has 6 heteroatoms. The third-order valence-electron chi connectivity index (χ3n) is 2.71. The van der Waals surface area contributed by atoms with E-state index in [1.807, 2.05) is 26.0 Å². The second kappa shape index (κ2) is 6.81. The predicted molar refractivity (Wildman–Crippen MR) is 87.0 cm³/mol. The van der Waals surface area contributed by atoms with Gasteiger partial charge in [-0.1, -0.05) is 6.07 Å². The first kappa shape index (κ1) is 14.9. The maximum Gasteiger partial charge on any atom is 0.269 e. The van der Waals surface area contributed by atoms with Gasteiger partial charge in [-0.25, -0.2) is 0 Å². The van der Waals surface area contributed by atoms with Crippen LogP contribution in [0, 0.1) is 13.8 Å². The molecule has 5 nitrogen and oxygen atoms in total. The molecule has 0 spiro atoms. The minimum Gasteiger partial charge on any atom is -0.331 e. The van der Waals surface area contributed by atoms with Crippen LogP contribution >= 0.6 is 12.2 Å². The lowest BCUT2D eigenvalue weighted by molar-refractivity contribution is 0.0944. The Morgan fingerprint density at radius 2 is 1.67 bits per heavy atom. The fraction of sp³-hybridized carbons (Fsp3) is 0.133. The van der Waals surface area contributed by atoms with Crippen LogP contribution in [0.3, 0.4) is 0 Å². The predicted octanol–water partition coefficient (Wildman–Crippen LogP) is 2.33. The molecular weight excluding hydrogens is 284 g/mol. The first-order valence-electron chi connectivity index (χ1n) is 6.40. The zero-order chi connectivity index (χ0) is 15.2. The number of thiocarbonyl (C=S) groups is 1. The molecule has 1 aromatic carbocycles. The summed E-state index contributed by atoms with van der Waals surface area (Å²) in [5.74, 6) is -0.276. The highest BCUT2D eigenvalue weighted by Gasteiger charge is 2.05. The van der Waals surface area contributed by atoms with Crippen molar-refractivity contribution in [2.24, 2.45) is 0 Å². The standard InChI is InChI=1S/C15H16N4OS/c1-10-7-11(2)9-13(8-10)17-15(21)19-18-14(20)12-3-5-16-6-4-12/h3-9H,1-2H3,(H,18,20)(H2,17,19,21). The zero-order valence-corrected chi connectivity index (χ0v) is 12.6. The highest BCUT2D eigenvalue weighted by molar-refractivity contribution is 7.80. The van der Waals surface area contributed by atoms with E-state index in [2.05, 4.69) is 27.2 Å². The SMILES string of the molecule is Cc1cc(C)cc(NC(=S)NNC(=O)c2ccncc2)c1. The maximum absolute atomic E-state index is 11.8. The lowest BCUT2D eigenvalue weighted by Gasteiger charge is -2.12. The fourth-order valence-electron chi connectivity index (χ4n) is 1.90. The summed E-state index contributed by atoms with van der Waals surface area (Å²) in [4.78, 5) is 15.7. The van der Waals surface area contributed by atoms with Crippen LogP contribution in [0.5, 0.6) is 0 Å². The molecule has 108 valence electrons. The van der Waals surface area contributed by atoms with E-state index in [4.69, 9.17) is 12.2 Å². The van der Waals surface area contributed by atoms with Crippen molar-refractivity contribution in [3.05, 3.63) is 59.4 Å². The third-order valence-corrected chi connectivity index (χ3v) is 2.92. The number of anilines is 1. The van der Waals surface area contributed by atoms with Crippen molar-refractivity contribution >= 4 is 28.9 Å². The molecule has 2 aromatic rings. The van der Waals surface area contributed by atoms with Gasteiger partial charge < -0.3 is 5.32 Å². The van der Waals surface area contributed by atoms with E-state index in [-0.39, 0.29) is 5.91 Å². The average molecular weight is 300 g/mol. The number of nitrogens with zero attached hydrogens (tertiary/aromatic N) is 1. The molecule has 0 atom stereocenters. The monoisotopic (exact) mass is 300 g/mol. The Hall–Kier alpha value is -2.47. The van der Waals surface area contributed by atoms with E-state index in [9.17, 15) is 4.79 Å². The largest absolute Gasteiger partial charge is 0.331 e. The lowest BCUT2D eigenvalue weighted by Crippen LogP contribution is -2.43. The van der Waals surface area contributed by atoms with Gasteiger partial charge in [0.05, 0.1) is 0 Å². The second-order valence-electron chi connectivity index (χ2n) is 4.65. The van der Waals surface area contributed by atoms with Crippen molar-refractivity contribution in [3.63, 3.8) is 0 Å². The van der Waals surface area contributed by atoms with Crippen molar-refractivity contribution in [2.45, 2.75) is 13.8 Å². The number of rotatable bonds is 2. The van der Waals surface area contributed by atoms with Gasteiger partial charge in [0.25, 0.3) is 5.91 Å². The summed E-state index contributed by atoms with van der Waals surface area (Å²) in [5, 5.41) is 3.35. The van der Waals surface area contributed by atoms with E-state index < -0.39 is 0 Å². The molecule has 3 N–H and O–H groups in total. The molecule has 1 amide bonds. The number of hydrogen-bond donors (Lipinski definition) is 3. The first-order chi connectivity index (χ1) is 10.0. The summed E-state index contributed by atoms with van der Waals surface area (Å²) in [7, 11) is 0. The number of hydrogen-bond acceptors (Lipinski definition) is 3. The van der Waals surface area contributed by atoms with Gasteiger partial charge in [0.15, 0.2) is 5.11 Å². The van der Waals surface area contributed by atoms with E-state index in [0.717, 1.165) is 16.8 Å². The molecule has 0 saturated heterocycles. The quantitative estimate of drug-likeness (QED) is 0.587. The van der Waals surface area contributed by atoms with Crippen LogP contribution in [-0.4, -0.2) is 16.0 Å². The van der Waals surface area contributed by atoms with Gasteiger partial charge in [0, 0.05) is 23.6 Å². The molecule has 0 aliphatic rings. The summed E-state index contributed by atoms with van der Waals surface area (Å²) in [6.45, 7) is 4.03. The topological polar surface area (TPSA) is 66.0 Å². The van der Waals surface area contributed by atoms with Crippen molar-refractivity contribution in [1.29, 1.82) is 0 Å². The first-order valence-corrected chi connectivity index (χ1v) is 6.81. The highest BCUT2D eigenvalue weighted by Crippen LogP contribution is 2.13. The van der Waals surface area contributed by atoms with Crippen molar-refractivity contribution < 1.29 is 4.79 Å². The smallest absolute Gasteiger partial charge is 0.269 e. The minimum atomic E-state index is -0.276. The molecular formula is C15H16N4OS. The van der Waals surface area contributed by atoms with E-state index >= 15 is 0 Å². The number of carbonyl (C=O) groups is 1. The second-order valence-corrected chi connectivity index (χ2v) is 5.05. The van der Waals surface area contributed by atoms with Crippen LogP contribution in [0.1, 0.15) is 21.5 Å². The van der Waals surface area contributed by atoms with E-state index in [1.165, 1.54) is 0 Å². The lowest BCUT2D eigenvalue weighted by atomic mass is 10.1. The van der Waals surface area contributed by atoms with Crippen LogP contribution < -0.4 is 16.2 Å². The Kier molecular flexibility index (Phi) is 4.84. The number of aromatic nitrogens is 1. The third kappa shape index (κ3) is 4.54. The van der Waals surface area contributed by atoms with Gasteiger partial charge in [-0.3, -0.25) is 20.6 Å². The normalized spacial score (nSPS) is 9.81. The Morgan fingerprint density at radius 3 is 2.29 bits per heavy atom. The van der Waals surface area contributed by atoms with Gasteiger partial charge >= 0.3 is 0 Å². The molecule has 0 unspecified atom stereocenters. The van der Waals surface area contributed by atoms with Gasteiger partial charge in [0.1, 0.15) is 0 Å². The molecule has 0 aliphatic carbocycles. The Bertz CT molecular complexity index is 638. The summed E-state index contributed by atoms with van der Waals surface area (Å²) < 4.78 is 0. The van der Waals surface area contributed by atoms with Crippen LogP contribution in [-0.2, 0) is 0 Å².